The smallest absolute Gasteiger partial charge is 0.399 e. The lowest BCUT2D eigenvalue weighted by Crippen LogP contribution is -2.41. The Morgan fingerprint density at radius 2 is 1.67 bits per heavy atom. The van der Waals surface area contributed by atoms with Gasteiger partial charge in [-0.2, -0.15) is 0 Å². The molecular weight excluding hydrogens is 263 g/mol. The molecule has 1 N–H and O–H groups in total. The summed E-state index contributed by atoms with van der Waals surface area (Å²) in [6, 6.07) is 8.32. The highest BCUT2D eigenvalue weighted by atomic mass is 16.7. The van der Waals surface area contributed by atoms with E-state index in [1.807, 2.05) is 12.1 Å². The van der Waals surface area contributed by atoms with E-state index in [0.717, 1.165) is 11.9 Å². The van der Waals surface area contributed by atoms with Crippen LogP contribution in [0.2, 0.25) is 0 Å². The maximum atomic E-state index is 9.23. The van der Waals surface area contributed by atoms with E-state index < -0.39 is 0 Å². The predicted molar refractivity (Wildman–Crippen MR) is 86.9 cm³/mol. The highest BCUT2D eigenvalue weighted by Crippen LogP contribution is 2.36. The molecule has 1 aliphatic heterocycles. The largest absolute Gasteiger partial charge is 0.494 e. The Morgan fingerprint density at radius 3 is 2.19 bits per heavy atom. The normalized spacial score (nSPS) is 20.8. The summed E-state index contributed by atoms with van der Waals surface area (Å²) in [5.41, 5.74) is 1.53. The van der Waals surface area contributed by atoms with E-state index in [9.17, 15) is 5.11 Å². The fraction of sp³-hybridized carbons (Fsp3) is 0.647. The van der Waals surface area contributed by atoms with Gasteiger partial charge < -0.3 is 14.4 Å². The first kappa shape index (κ1) is 16.5. The monoisotopic (exact) mass is 290 g/mol. The molecule has 1 fully saturated rings. The van der Waals surface area contributed by atoms with Crippen LogP contribution < -0.4 is 5.46 Å². The fourth-order valence-electron chi connectivity index (χ4n) is 2.51. The van der Waals surface area contributed by atoms with Gasteiger partial charge in [0.1, 0.15) is 0 Å². The molecule has 0 bridgehead atoms. The standard InChI is InChI=1S/C17H27BO3/c1-15(2,10-11-19)13-8-7-9-14(12-13)18-20-16(3,4)17(5,6)21-18/h7-9,12,19H,10-11H2,1-6H3. The van der Waals surface area contributed by atoms with Crippen LogP contribution in [0.15, 0.2) is 24.3 Å². The van der Waals surface area contributed by atoms with E-state index in [1.54, 1.807) is 0 Å². The molecule has 0 atom stereocenters. The van der Waals surface area contributed by atoms with Crippen molar-refractivity contribution in [2.24, 2.45) is 0 Å². The molecule has 0 aliphatic carbocycles. The Bertz CT molecular complexity index is 493. The summed E-state index contributed by atoms with van der Waals surface area (Å²) in [4.78, 5) is 0. The van der Waals surface area contributed by atoms with Gasteiger partial charge in [-0.1, -0.05) is 38.1 Å². The first-order chi connectivity index (χ1) is 9.59. The molecule has 116 valence electrons. The third kappa shape index (κ3) is 3.18. The van der Waals surface area contributed by atoms with Gasteiger partial charge in [0.25, 0.3) is 0 Å². The van der Waals surface area contributed by atoms with Crippen molar-refractivity contribution in [2.45, 2.75) is 64.6 Å². The molecule has 1 aromatic rings. The minimum atomic E-state index is -0.333. The number of benzene rings is 1. The molecule has 1 aliphatic rings. The van der Waals surface area contributed by atoms with Gasteiger partial charge in [-0.05, 0) is 50.6 Å². The van der Waals surface area contributed by atoms with Crippen LogP contribution in [0.5, 0.6) is 0 Å². The summed E-state index contributed by atoms with van der Waals surface area (Å²) >= 11 is 0. The van der Waals surface area contributed by atoms with Crippen LogP contribution in [0.3, 0.4) is 0 Å². The van der Waals surface area contributed by atoms with Crippen LogP contribution in [0.25, 0.3) is 0 Å². The summed E-state index contributed by atoms with van der Waals surface area (Å²) in [6.45, 7) is 12.7. The van der Waals surface area contributed by atoms with Crippen molar-refractivity contribution in [1.29, 1.82) is 0 Å². The summed E-state index contributed by atoms with van der Waals surface area (Å²) in [5.74, 6) is 0. The zero-order valence-electron chi connectivity index (χ0n) is 14.1. The van der Waals surface area contributed by atoms with Gasteiger partial charge in [0.05, 0.1) is 11.2 Å². The lowest BCUT2D eigenvalue weighted by molar-refractivity contribution is 0.00578. The Morgan fingerprint density at radius 1 is 1.10 bits per heavy atom. The van der Waals surface area contributed by atoms with Crippen LogP contribution in [-0.2, 0) is 14.7 Å². The minimum absolute atomic E-state index is 0.0611. The van der Waals surface area contributed by atoms with Crippen LogP contribution in [0.1, 0.15) is 53.5 Å². The second kappa shape index (κ2) is 5.42. The molecule has 0 spiro atoms. The molecule has 1 saturated heterocycles. The van der Waals surface area contributed by atoms with Crippen molar-refractivity contribution < 1.29 is 14.4 Å². The Kier molecular flexibility index (Phi) is 4.27. The van der Waals surface area contributed by atoms with Crippen molar-refractivity contribution in [2.75, 3.05) is 6.61 Å². The van der Waals surface area contributed by atoms with Gasteiger partial charge in [-0.3, -0.25) is 0 Å². The molecule has 1 heterocycles. The van der Waals surface area contributed by atoms with E-state index in [-0.39, 0.29) is 30.3 Å². The van der Waals surface area contributed by atoms with Crippen LogP contribution in [0.4, 0.5) is 0 Å². The van der Waals surface area contributed by atoms with Gasteiger partial charge in [0.2, 0.25) is 0 Å². The minimum Gasteiger partial charge on any atom is -0.399 e. The van der Waals surface area contributed by atoms with Gasteiger partial charge in [0.15, 0.2) is 0 Å². The molecule has 2 rings (SSSR count). The number of rotatable bonds is 4. The Balaban J connectivity index is 2.27. The average molecular weight is 290 g/mol. The van der Waals surface area contributed by atoms with Crippen molar-refractivity contribution in [1.82, 2.24) is 0 Å². The lowest BCUT2D eigenvalue weighted by Gasteiger charge is -2.32. The molecule has 1 aromatic carbocycles. The number of hydrogen-bond acceptors (Lipinski definition) is 3. The highest BCUT2D eigenvalue weighted by Gasteiger charge is 2.51. The SMILES string of the molecule is CC(C)(CCO)c1cccc(B2OC(C)(C)C(C)(C)O2)c1. The van der Waals surface area contributed by atoms with Crippen LogP contribution >= 0.6 is 0 Å². The van der Waals surface area contributed by atoms with Gasteiger partial charge in [-0.25, -0.2) is 0 Å². The molecule has 4 heteroatoms. The zero-order valence-corrected chi connectivity index (χ0v) is 14.1. The van der Waals surface area contributed by atoms with Crippen molar-refractivity contribution in [3.8, 4) is 0 Å². The molecule has 3 nitrogen and oxygen atoms in total. The van der Waals surface area contributed by atoms with Crippen LogP contribution in [0, 0.1) is 0 Å². The van der Waals surface area contributed by atoms with Crippen molar-refractivity contribution >= 4 is 12.6 Å². The lowest BCUT2D eigenvalue weighted by atomic mass is 9.74. The van der Waals surface area contributed by atoms with E-state index >= 15 is 0 Å². The maximum absolute atomic E-state index is 9.23. The molecule has 0 amide bonds. The number of hydrogen-bond donors (Lipinski definition) is 1. The first-order valence-corrected chi connectivity index (χ1v) is 7.66. The molecule has 0 aromatic heterocycles. The summed E-state index contributed by atoms with van der Waals surface area (Å²) in [7, 11) is -0.333. The molecular formula is C17H27BO3. The fourth-order valence-corrected chi connectivity index (χ4v) is 2.51. The summed E-state index contributed by atoms with van der Waals surface area (Å²) in [5, 5.41) is 9.23. The summed E-state index contributed by atoms with van der Waals surface area (Å²) in [6.07, 6.45) is 0.736. The van der Waals surface area contributed by atoms with Crippen molar-refractivity contribution in [3.63, 3.8) is 0 Å². The van der Waals surface area contributed by atoms with E-state index in [2.05, 4.69) is 53.7 Å². The number of aliphatic hydroxyl groups is 1. The average Bonchev–Trinajstić information content (AvgIpc) is 2.59. The molecule has 21 heavy (non-hydrogen) atoms. The van der Waals surface area contributed by atoms with E-state index in [4.69, 9.17) is 9.31 Å². The van der Waals surface area contributed by atoms with Gasteiger partial charge >= 0.3 is 7.12 Å². The Hall–Kier alpha value is -0.835. The van der Waals surface area contributed by atoms with Crippen LogP contribution in [-0.4, -0.2) is 30.0 Å². The first-order valence-electron chi connectivity index (χ1n) is 7.66. The molecule has 0 saturated carbocycles. The van der Waals surface area contributed by atoms with E-state index in [1.165, 1.54) is 5.56 Å². The van der Waals surface area contributed by atoms with E-state index in [0.29, 0.717) is 0 Å². The third-order valence-corrected chi connectivity index (χ3v) is 4.93. The molecule has 0 radical (unpaired) electrons. The quantitative estimate of drug-likeness (QED) is 0.866. The third-order valence-electron chi connectivity index (χ3n) is 4.93. The maximum Gasteiger partial charge on any atom is 0.494 e. The summed E-state index contributed by atoms with van der Waals surface area (Å²) < 4.78 is 12.2. The number of aliphatic hydroxyl groups excluding tert-OH is 1. The van der Waals surface area contributed by atoms with Crippen molar-refractivity contribution in [3.05, 3.63) is 29.8 Å². The van der Waals surface area contributed by atoms with Gasteiger partial charge in [-0.15, -0.1) is 0 Å². The zero-order chi connectivity index (χ0) is 15.9. The predicted octanol–water partition coefficient (Wildman–Crippen LogP) is 2.65. The van der Waals surface area contributed by atoms with Gasteiger partial charge in [0, 0.05) is 6.61 Å². The second-order valence-corrected chi connectivity index (χ2v) is 7.57. The Labute approximate surface area is 128 Å². The molecule has 0 unspecified atom stereocenters. The second-order valence-electron chi connectivity index (χ2n) is 7.57. The highest BCUT2D eigenvalue weighted by molar-refractivity contribution is 6.62. The topological polar surface area (TPSA) is 38.7 Å².